The first kappa shape index (κ1) is 14.3. The van der Waals surface area contributed by atoms with Crippen molar-refractivity contribution < 1.29 is 4.92 Å². The number of nitro benzene ring substituents is 1. The Morgan fingerprint density at radius 3 is 2.67 bits per heavy atom. The minimum absolute atomic E-state index is 0.215. The van der Waals surface area contributed by atoms with Gasteiger partial charge in [-0.2, -0.15) is 0 Å². The molecule has 1 aromatic rings. The number of benzene rings is 1. The second-order valence-electron chi connectivity index (χ2n) is 6.06. The van der Waals surface area contributed by atoms with Crippen LogP contribution in [0, 0.1) is 10.1 Å². The second-order valence-corrected chi connectivity index (χ2v) is 6.06. The summed E-state index contributed by atoms with van der Waals surface area (Å²) in [4.78, 5) is 15.5. The fraction of sp³-hybridized carbons (Fsp3) is 0.625. The zero-order chi connectivity index (χ0) is 14.7. The quantitative estimate of drug-likeness (QED) is 0.618. The Morgan fingerprint density at radius 2 is 1.90 bits per heavy atom. The topological polar surface area (TPSA) is 49.6 Å². The highest BCUT2D eigenvalue weighted by Crippen LogP contribution is 2.30. The molecule has 3 rings (SSSR count). The molecule has 1 aromatic carbocycles. The van der Waals surface area contributed by atoms with Crippen molar-refractivity contribution in [1.82, 2.24) is 4.90 Å². The average molecular weight is 289 g/mol. The van der Waals surface area contributed by atoms with Crippen LogP contribution in [0.1, 0.15) is 31.2 Å². The number of non-ortho nitro benzene ring substituents is 1. The molecule has 5 heteroatoms. The molecular weight excluding hydrogens is 266 g/mol. The van der Waals surface area contributed by atoms with E-state index in [2.05, 4.69) is 9.80 Å². The monoisotopic (exact) mass is 289 g/mol. The van der Waals surface area contributed by atoms with Gasteiger partial charge in [0.1, 0.15) is 0 Å². The number of aryl methyl sites for hydroxylation is 1. The molecular formula is C16H23N3O2. The number of nitrogens with zero attached hydrogens (tertiary/aromatic N) is 3. The molecule has 1 fully saturated rings. The van der Waals surface area contributed by atoms with E-state index in [-0.39, 0.29) is 10.6 Å². The Labute approximate surface area is 125 Å². The van der Waals surface area contributed by atoms with Crippen LogP contribution in [0.3, 0.4) is 0 Å². The Bertz CT molecular complexity index is 512. The molecule has 0 N–H and O–H groups in total. The van der Waals surface area contributed by atoms with E-state index in [0.717, 1.165) is 31.5 Å². The minimum atomic E-state index is -0.299. The third-order valence-electron chi connectivity index (χ3n) is 4.59. The lowest BCUT2D eigenvalue weighted by atomic mass is 10.0. The van der Waals surface area contributed by atoms with Crippen LogP contribution >= 0.6 is 0 Å². The van der Waals surface area contributed by atoms with Crippen LogP contribution in [0.15, 0.2) is 18.2 Å². The van der Waals surface area contributed by atoms with E-state index in [0.29, 0.717) is 0 Å². The third kappa shape index (κ3) is 3.35. The van der Waals surface area contributed by atoms with Crippen molar-refractivity contribution in [2.45, 2.75) is 32.1 Å². The maximum atomic E-state index is 10.9. The molecule has 2 aliphatic heterocycles. The van der Waals surface area contributed by atoms with Gasteiger partial charge in [0.15, 0.2) is 0 Å². The first-order valence-corrected chi connectivity index (χ1v) is 7.99. The van der Waals surface area contributed by atoms with Crippen LogP contribution in [0.2, 0.25) is 0 Å². The van der Waals surface area contributed by atoms with E-state index < -0.39 is 0 Å². The molecule has 114 valence electrons. The fourth-order valence-corrected chi connectivity index (χ4v) is 3.50. The van der Waals surface area contributed by atoms with Crippen LogP contribution in [-0.4, -0.2) is 42.5 Å². The molecule has 0 amide bonds. The van der Waals surface area contributed by atoms with Crippen molar-refractivity contribution in [3.63, 3.8) is 0 Å². The van der Waals surface area contributed by atoms with Crippen LogP contribution in [-0.2, 0) is 6.42 Å². The van der Waals surface area contributed by atoms with Gasteiger partial charge in [0.25, 0.3) is 5.69 Å². The first-order valence-electron chi connectivity index (χ1n) is 7.99. The molecule has 21 heavy (non-hydrogen) atoms. The lowest BCUT2D eigenvalue weighted by molar-refractivity contribution is -0.384. The van der Waals surface area contributed by atoms with Gasteiger partial charge in [0.2, 0.25) is 0 Å². The largest absolute Gasteiger partial charge is 0.371 e. The molecule has 0 spiro atoms. The molecule has 2 aliphatic rings. The standard InChI is InChI=1S/C16H23N3O2/c20-19(21)15-6-7-16-14(13-15)5-3-11-18(16)12-4-10-17-8-1-2-9-17/h6-7,13H,1-5,8-12H2. The van der Waals surface area contributed by atoms with Crippen molar-refractivity contribution in [2.75, 3.05) is 37.6 Å². The lowest BCUT2D eigenvalue weighted by Gasteiger charge is -2.31. The third-order valence-corrected chi connectivity index (χ3v) is 4.59. The van der Waals surface area contributed by atoms with Gasteiger partial charge >= 0.3 is 0 Å². The summed E-state index contributed by atoms with van der Waals surface area (Å²) in [5.41, 5.74) is 2.55. The van der Waals surface area contributed by atoms with Gasteiger partial charge in [0, 0.05) is 30.9 Å². The summed E-state index contributed by atoms with van der Waals surface area (Å²) in [6.45, 7) is 5.82. The van der Waals surface area contributed by atoms with Gasteiger partial charge in [-0.05, 0) is 63.4 Å². The lowest BCUT2D eigenvalue weighted by Crippen LogP contribution is -2.32. The van der Waals surface area contributed by atoms with E-state index in [9.17, 15) is 10.1 Å². The molecule has 0 bridgehead atoms. The van der Waals surface area contributed by atoms with E-state index in [1.807, 2.05) is 6.07 Å². The summed E-state index contributed by atoms with van der Waals surface area (Å²) < 4.78 is 0. The van der Waals surface area contributed by atoms with Crippen LogP contribution in [0.25, 0.3) is 0 Å². The summed E-state index contributed by atoms with van der Waals surface area (Å²) in [5, 5.41) is 10.9. The van der Waals surface area contributed by atoms with Crippen molar-refractivity contribution in [2.24, 2.45) is 0 Å². The van der Waals surface area contributed by atoms with Crippen molar-refractivity contribution in [3.8, 4) is 0 Å². The van der Waals surface area contributed by atoms with Gasteiger partial charge in [-0.3, -0.25) is 10.1 Å². The molecule has 0 aliphatic carbocycles. The van der Waals surface area contributed by atoms with E-state index >= 15 is 0 Å². The summed E-state index contributed by atoms with van der Waals surface area (Å²) in [6.07, 6.45) is 5.92. The number of hydrogen-bond donors (Lipinski definition) is 0. The number of nitro groups is 1. The highest BCUT2D eigenvalue weighted by molar-refractivity contribution is 5.59. The smallest absolute Gasteiger partial charge is 0.269 e. The fourth-order valence-electron chi connectivity index (χ4n) is 3.50. The molecule has 0 radical (unpaired) electrons. The second kappa shape index (κ2) is 6.43. The van der Waals surface area contributed by atoms with Crippen LogP contribution < -0.4 is 4.90 Å². The van der Waals surface area contributed by atoms with E-state index in [1.165, 1.54) is 44.6 Å². The van der Waals surface area contributed by atoms with E-state index in [4.69, 9.17) is 0 Å². The van der Waals surface area contributed by atoms with Gasteiger partial charge in [-0.15, -0.1) is 0 Å². The molecule has 0 saturated carbocycles. The van der Waals surface area contributed by atoms with Crippen molar-refractivity contribution in [1.29, 1.82) is 0 Å². The van der Waals surface area contributed by atoms with Gasteiger partial charge in [-0.1, -0.05) is 0 Å². The Morgan fingerprint density at radius 1 is 1.10 bits per heavy atom. The summed E-state index contributed by atoms with van der Waals surface area (Å²) in [5.74, 6) is 0. The molecule has 1 saturated heterocycles. The van der Waals surface area contributed by atoms with Crippen molar-refractivity contribution >= 4 is 11.4 Å². The van der Waals surface area contributed by atoms with Crippen LogP contribution in [0.5, 0.6) is 0 Å². The zero-order valence-electron chi connectivity index (χ0n) is 12.5. The number of anilines is 1. The Hall–Kier alpha value is -1.62. The summed E-state index contributed by atoms with van der Waals surface area (Å²) in [7, 11) is 0. The number of hydrogen-bond acceptors (Lipinski definition) is 4. The first-order chi connectivity index (χ1) is 10.2. The number of rotatable bonds is 5. The molecule has 5 nitrogen and oxygen atoms in total. The number of likely N-dealkylation sites (tertiary alicyclic amines) is 1. The maximum absolute atomic E-state index is 10.9. The molecule has 0 atom stereocenters. The van der Waals surface area contributed by atoms with E-state index in [1.54, 1.807) is 12.1 Å². The summed E-state index contributed by atoms with van der Waals surface area (Å²) in [6, 6.07) is 5.32. The molecule has 0 aromatic heterocycles. The predicted octanol–water partition coefficient (Wildman–Crippen LogP) is 2.83. The molecule has 2 heterocycles. The highest BCUT2D eigenvalue weighted by Gasteiger charge is 2.20. The van der Waals surface area contributed by atoms with Gasteiger partial charge in [-0.25, -0.2) is 0 Å². The zero-order valence-corrected chi connectivity index (χ0v) is 12.5. The Kier molecular flexibility index (Phi) is 4.39. The normalized spacial score (nSPS) is 18.8. The predicted molar refractivity (Wildman–Crippen MR) is 83.9 cm³/mol. The van der Waals surface area contributed by atoms with Crippen LogP contribution in [0.4, 0.5) is 11.4 Å². The maximum Gasteiger partial charge on any atom is 0.269 e. The van der Waals surface area contributed by atoms with Gasteiger partial charge in [0.05, 0.1) is 4.92 Å². The highest BCUT2D eigenvalue weighted by atomic mass is 16.6. The SMILES string of the molecule is O=[N+]([O-])c1ccc2c(c1)CCCN2CCCN1CCCC1. The number of fused-ring (bicyclic) bond motifs is 1. The average Bonchev–Trinajstić information content (AvgIpc) is 3.00. The summed E-state index contributed by atoms with van der Waals surface area (Å²) >= 11 is 0. The molecule has 0 unspecified atom stereocenters. The van der Waals surface area contributed by atoms with Crippen molar-refractivity contribution in [3.05, 3.63) is 33.9 Å². The minimum Gasteiger partial charge on any atom is -0.371 e. The Balaban J connectivity index is 1.61. The van der Waals surface area contributed by atoms with Gasteiger partial charge < -0.3 is 9.80 Å².